The number of benzene rings is 2. The van der Waals surface area contributed by atoms with Crippen LogP contribution in [0.1, 0.15) is 57.6 Å². The molecule has 2 aromatic carbocycles. The van der Waals surface area contributed by atoms with Gasteiger partial charge in [-0.15, -0.1) is 0 Å². The fourth-order valence-electron chi connectivity index (χ4n) is 5.30. The number of anilines is 2. The van der Waals surface area contributed by atoms with Crippen molar-refractivity contribution in [3.63, 3.8) is 0 Å². The first-order chi connectivity index (χ1) is 16.2. The van der Waals surface area contributed by atoms with Crippen molar-refractivity contribution >= 4 is 17.2 Å². The molecule has 1 atom stereocenters. The number of hydrogen-bond acceptors (Lipinski definition) is 5. The average Bonchev–Trinajstić information content (AvgIpc) is 2.80. The Kier molecular flexibility index (Phi) is 6.27. The van der Waals surface area contributed by atoms with E-state index < -0.39 is 5.92 Å². The van der Waals surface area contributed by atoms with E-state index in [1.54, 1.807) is 0 Å². The van der Waals surface area contributed by atoms with E-state index in [2.05, 4.69) is 50.8 Å². The second-order valence-corrected chi connectivity index (χ2v) is 10.1. The highest BCUT2D eigenvalue weighted by Gasteiger charge is 2.44. The Hall–Kier alpha value is -3.52. The largest absolute Gasteiger partial charge is 0.384 e. The molecule has 5 heteroatoms. The highest BCUT2D eigenvalue weighted by molar-refractivity contribution is 6.01. The van der Waals surface area contributed by atoms with E-state index in [-0.39, 0.29) is 11.2 Å². The van der Waals surface area contributed by atoms with E-state index in [0.29, 0.717) is 23.4 Å². The maximum Gasteiger partial charge on any atom is 0.162 e. The summed E-state index contributed by atoms with van der Waals surface area (Å²) < 4.78 is 0. The standard InChI is InChI=1S/C29H34N4O/c1-6-32(7-2)21-14-10-20(11-15-21)26-23(18-30)28(31)33(22-12-8-19(3)9-13-22)24-16-29(4,5)17-25(34)27(24)26/h8-15,26H,6-7,16-17,31H2,1-5H3/t26-/m0/s1. The molecule has 176 valence electrons. The number of carbonyl (C=O) groups excluding carboxylic acids is 1. The van der Waals surface area contributed by atoms with Crippen molar-refractivity contribution < 1.29 is 4.79 Å². The Labute approximate surface area is 203 Å². The zero-order valence-corrected chi connectivity index (χ0v) is 20.9. The van der Waals surface area contributed by atoms with Crippen LogP contribution in [0.25, 0.3) is 0 Å². The summed E-state index contributed by atoms with van der Waals surface area (Å²) in [5, 5.41) is 10.2. The number of rotatable bonds is 5. The minimum atomic E-state index is -0.448. The first kappa shape index (κ1) is 23.6. The number of nitrogens with zero attached hydrogens (tertiary/aromatic N) is 3. The van der Waals surface area contributed by atoms with Crippen molar-refractivity contribution in [3.8, 4) is 6.07 Å². The van der Waals surface area contributed by atoms with Gasteiger partial charge < -0.3 is 10.6 Å². The third kappa shape index (κ3) is 4.09. The van der Waals surface area contributed by atoms with Gasteiger partial charge in [0.1, 0.15) is 5.82 Å². The number of hydrogen-bond donors (Lipinski definition) is 1. The smallest absolute Gasteiger partial charge is 0.162 e. The van der Waals surface area contributed by atoms with Gasteiger partial charge in [0.05, 0.1) is 17.6 Å². The number of nitrogens with two attached hydrogens (primary N) is 1. The molecule has 2 aliphatic rings. The van der Waals surface area contributed by atoms with Crippen molar-refractivity contribution in [2.24, 2.45) is 11.1 Å². The van der Waals surface area contributed by atoms with E-state index in [9.17, 15) is 10.1 Å². The molecule has 2 N–H and O–H groups in total. The Balaban J connectivity index is 1.90. The third-order valence-corrected chi connectivity index (χ3v) is 7.03. The zero-order valence-electron chi connectivity index (χ0n) is 20.9. The van der Waals surface area contributed by atoms with Gasteiger partial charge in [-0.3, -0.25) is 9.69 Å². The molecule has 0 amide bonds. The first-order valence-electron chi connectivity index (χ1n) is 12.1. The van der Waals surface area contributed by atoms with Crippen LogP contribution in [0.5, 0.6) is 0 Å². The number of allylic oxidation sites excluding steroid dienone is 3. The molecular formula is C29H34N4O. The predicted octanol–water partition coefficient (Wildman–Crippen LogP) is 5.78. The van der Waals surface area contributed by atoms with Crippen LogP contribution in [-0.2, 0) is 4.79 Å². The Morgan fingerprint density at radius 1 is 1.06 bits per heavy atom. The third-order valence-electron chi connectivity index (χ3n) is 7.03. The predicted molar refractivity (Wildman–Crippen MR) is 138 cm³/mol. The summed E-state index contributed by atoms with van der Waals surface area (Å²) in [6.45, 7) is 12.4. The van der Waals surface area contributed by atoms with Crippen molar-refractivity contribution in [3.05, 3.63) is 82.3 Å². The van der Waals surface area contributed by atoms with Crippen LogP contribution in [0, 0.1) is 23.7 Å². The molecule has 0 saturated carbocycles. The molecule has 2 aromatic rings. The van der Waals surface area contributed by atoms with Crippen molar-refractivity contribution in [1.29, 1.82) is 5.26 Å². The molecule has 5 nitrogen and oxygen atoms in total. The molecule has 1 aliphatic carbocycles. The number of ketones is 1. The minimum Gasteiger partial charge on any atom is -0.384 e. The van der Waals surface area contributed by atoms with E-state index in [4.69, 9.17) is 5.73 Å². The van der Waals surface area contributed by atoms with E-state index >= 15 is 0 Å². The number of carbonyl (C=O) groups is 1. The fourth-order valence-corrected chi connectivity index (χ4v) is 5.30. The van der Waals surface area contributed by atoms with E-state index in [0.717, 1.165) is 47.7 Å². The molecule has 0 fully saturated rings. The van der Waals surface area contributed by atoms with Crippen LogP contribution in [0.15, 0.2) is 71.2 Å². The number of nitriles is 1. The maximum atomic E-state index is 13.6. The summed E-state index contributed by atoms with van der Waals surface area (Å²) in [6.07, 6.45) is 1.18. The lowest BCUT2D eigenvalue weighted by Crippen LogP contribution is -2.42. The van der Waals surface area contributed by atoms with Crippen LogP contribution in [0.3, 0.4) is 0 Å². The zero-order chi connectivity index (χ0) is 24.6. The summed E-state index contributed by atoms with van der Waals surface area (Å²) in [5.41, 5.74) is 12.7. The summed E-state index contributed by atoms with van der Waals surface area (Å²) in [7, 11) is 0. The average molecular weight is 455 g/mol. The molecule has 1 aliphatic heterocycles. The molecule has 34 heavy (non-hydrogen) atoms. The molecule has 0 radical (unpaired) electrons. The molecule has 0 unspecified atom stereocenters. The second kappa shape index (κ2) is 9.02. The van der Waals surface area contributed by atoms with Gasteiger partial charge in [-0.05, 0) is 62.4 Å². The SMILES string of the molecule is CCN(CC)c1ccc([C@H]2C(C#N)=C(N)N(c3ccc(C)cc3)C3=C2C(=O)CC(C)(C)C3)cc1. The summed E-state index contributed by atoms with van der Waals surface area (Å²) in [5.74, 6) is 0.0610. The fraction of sp³-hybridized carbons (Fsp3) is 0.379. The number of Topliss-reactive ketones (excluding diaryl/α,β-unsaturated/α-hetero) is 1. The molecule has 4 rings (SSSR count). The van der Waals surface area contributed by atoms with Crippen LogP contribution in [-0.4, -0.2) is 18.9 Å². The molecule has 0 aromatic heterocycles. The summed E-state index contributed by atoms with van der Waals surface area (Å²) >= 11 is 0. The van der Waals surface area contributed by atoms with Crippen molar-refractivity contribution in [2.45, 2.75) is 53.4 Å². The number of aryl methyl sites for hydroxylation is 1. The lowest BCUT2D eigenvalue weighted by Gasteiger charge is -2.43. The van der Waals surface area contributed by atoms with Crippen LogP contribution in [0.4, 0.5) is 11.4 Å². The summed E-state index contributed by atoms with van der Waals surface area (Å²) in [4.78, 5) is 17.8. The highest BCUT2D eigenvalue weighted by atomic mass is 16.1. The van der Waals surface area contributed by atoms with Gasteiger partial charge in [0.15, 0.2) is 5.78 Å². The summed E-state index contributed by atoms with van der Waals surface area (Å²) in [6, 6.07) is 18.7. The lowest BCUT2D eigenvalue weighted by molar-refractivity contribution is -0.118. The van der Waals surface area contributed by atoms with Crippen LogP contribution in [0.2, 0.25) is 0 Å². The van der Waals surface area contributed by atoms with Crippen LogP contribution >= 0.6 is 0 Å². The van der Waals surface area contributed by atoms with Gasteiger partial charge in [-0.2, -0.15) is 5.26 Å². The topological polar surface area (TPSA) is 73.4 Å². The van der Waals surface area contributed by atoms with Gasteiger partial charge in [0.25, 0.3) is 0 Å². The van der Waals surface area contributed by atoms with Gasteiger partial charge in [-0.1, -0.05) is 43.7 Å². The quantitative estimate of drug-likeness (QED) is 0.620. The molecule has 0 bridgehead atoms. The van der Waals surface area contributed by atoms with Crippen molar-refractivity contribution in [2.75, 3.05) is 22.9 Å². The first-order valence-corrected chi connectivity index (χ1v) is 12.1. The normalized spacial score (nSPS) is 19.7. The molecule has 0 saturated heterocycles. The monoisotopic (exact) mass is 454 g/mol. The van der Waals surface area contributed by atoms with Gasteiger partial charge in [-0.25, -0.2) is 0 Å². The second-order valence-electron chi connectivity index (χ2n) is 10.1. The van der Waals surface area contributed by atoms with Crippen molar-refractivity contribution in [1.82, 2.24) is 0 Å². The van der Waals surface area contributed by atoms with Gasteiger partial charge in [0, 0.05) is 42.2 Å². The molecule has 1 heterocycles. The van der Waals surface area contributed by atoms with Gasteiger partial charge >= 0.3 is 0 Å². The Morgan fingerprint density at radius 2 is 1.68 bits per heavy atom. The highest BCUT2D eigenvalue weighted by Crippen LogP contribution is 2.50. The van der Waals surface area contributed by atoms with E-state index in [1.165, 1.54) is 0 Å². The Morgan fingerprint density at radius 3 is 2.24 bits per heavy atom. The van der Waals surface area contributed by atoms with Gasteiger partial charge in [0.2, 0.25) is 0 Å². The molecule has 0 spiro atoms. The van der Waals surface area contributed by atoms with E-state index in [1.807, 2.05) is 48.2 Å². The lowest BCUT2D eigenvalue weighted by atomic mass is 9.68. The minimum absolute atomic E-state index is 0.0985. The molecular weight excluding hydrogens is 420 g/mol. The Bertz CT molecular complexity index is 1190. The van der Waals surface area contributed by atoms with Crippen LogP contribution < -0.4 is 15.5 Å². The maximum absolute atomic E-state index is 13.6.